The van der Waals surface area contributed by atoms with Crippen molar-refractivity contribution in [3.05, 3.63) is 40.5 Å². The normalized spacial score (nSPS) is 16.6. The summed E-state index contributed by atoms with van der Waals surface area (Å²) in [6.45, 7) is 5.92. The minimum Gasteiger partial charge on any atom is -0.350 e. The molecule has 0 bridgehead atoms. The van der Waals surface area contributed by atoms with Crippen molar-refractivity contribution in [3.63, 3.8) is 0 Å². The number of hydrogen-bond donors (Lipinski definition) is 2. The third kappa shape index (κ3) is 4.42. The molecule has 0 radical (unpaired) electrons. The molecule has 0 atom stereocenters. The number of fused-ring (bicyclic) bond motifs is 1. The molecule has 1 aliphatic heterocycles. The summed E-state index contributed by atoms with van der Waals surface area (Å²) in [6, 6.07) is 7.55. The molecule has 3 aromatic rings. The van der Waals surface area contributed by atoms with Gasteiger partial charge in [-0.25, -0.2) is 13.8 Å². The van der Waals surface area contributed by atoms with E-state index in [1.165, 1.54) is 0 Å². The number of nitrogens with zero attached hydrogens (tertiary/aromatic N) is 4. The summed E-state index contributed by atoms with van der Waals surface area (Å²) in [5, 5.41) is 3.91. The minimum atomic E-state index is -2.70. The van der Waals surface area contributed by atoms with Gasteiger partial charge < -0.3 is 15.2 Å². The van der Waals surface area contributed by atoms with E-state index in [-0.39, 0.29) is 25.0 Å². The second-order valence-electron chi connectivity index (χ2n) is 8.42. The van der Waals surface area contributed by atoms with Crippen molar-refractivity contribution in [2.24, 2.45) is 0 Å². The second kappa shape index (κ2) is 7.09. The highest BCUT2D eigenvalue weighted by Gasteiger charge is 2.39. The molecular weight excluding hydrogens is 398 g/mol. The molecule has 0 unspecified atom stereocenters. The van der Waals surface area contributed by atoms with Crippen molar-refractivity contribution >= 4 is 34.7 Å². The molecule has 3 heterocycles. The predicted molar refractivity (Wildman–Crippen MR) is 111 cm³/mol. The summed E-state index contributed by atoms with van der Waals surface area (Å²) < 4.78 is 27.3. The maximum atomic E-state index is 13.7. The van der Waals surface area contributed by atoms with E-state index in [2.05, 4.69) is 25.3 Å². The van der Waals surface area contributed by atoms with Crippen LogP contribution in [0.25, 0.3) is 11.2 Å². The fourth-order valence-electron chi connectivity index (χ4n) is 3.35. The molecule has 1 fully saturated rings. The number of H-pyrrole nitrogens is 1. The zero-order chi connectivity index (χ0) is 20.8. The Hall–Kier alpha value is -2.48. The van der Waals surface area contributed by atoms with E-state index in [1.54, 1.807) is 4.90 Å². The van der Waals surface area contributed by atoms with Gasteiger partial charge in [-0.3, -0.25) is 0 Å². The number of aromatic nitrogens is 4. The van der Waals surface area contributed by atoms with Gasteiger partial charge in [0.2, 0.25) is 11.9 Å². The van der Waals surface area contributed by atoms with Gasteiger partial charge in [0.05, 0.1) is 12.2 Å². The number of benzene rings is 1. The summed E-state index contributed by atoms with van der Waals surface area (Å²) >= 11 is 6.34. The van der Waals surface area contributed by atoms with E-state index in [9.17, 15) is 8.78 Å². The van der Waals surface area contributed by atoms with Crippen molar-refractivity contribution in [2.75, 3.05) is 23.3 Å². The van der Waals surface area contributed by atoms with Crippen molar-refractivity contribution in [1.29, 1.82) is 0 Å². The lowest BCUT2D eigenvalue weighted by Crippen LogP contribution is -2.27. The van der Waals surface area contributed by atoms with Gasteiger partial charge in [-0.1, -0.05) is 29.8 Å². The number of nitrogens with one attached hydrogen (secondary N) is 2. The van der Waals surface area contributed by atoms with E-state index in [4.69, 9.17) is 11.6 Å². The van der Waals surface area contributed by atoms with Crippen LogP contribution in [0, 0.1) is 0 Å². The Morgan fingerprint density at radius 2 is 1.97 bits per heavy atom. The van der Waals surface area contributed by atoms with Crippen molar-refractivity contribution in [2.45, 2.75) is 45.1 Å². The Morgan fingerprint density at radius 3 is 2.62 bits per heavy atom. The van der Waals surface area contributed by atoms with Crippen LogP contribution in [0.1, 0.15) is 38.4 Å². The van der Waals surface area contributed by atoms with Crippen LogP contribution in [0.15, 0.2) is 24.3 Å². The van der Waals surface area contributed by atoms with E-state index in [0.29, 0.717) is 40.2 Å². The van der Waals surface area contributed by atoms with E-state index in [1.807, 2.05) is 45.0 Å². The molecule has 29 heavy (non-hydrogen) atoms. The summed E-state index contributed by atoms with van der Waals surface area (Å²) in [5.41, 5.74) is 2.46. The maximum Gasteiger partial charge on any atom is 0.267 e. The number of alkyl halides is 2. The Labute approximate surface area is 172 Å². The van der Waals surface area contributed by atoms with Crippen molar-refractivity contribution < 1.29 is 8.78 Å². The van der Waals surface area contributed by atoms with Gasteiger partial charge in [0, 0.05) is 29.9 Å². The number of rotatable bonds is 4. The highest BCUT2D eigenvalue weighted by atomic mass is 35.5. The van der Waals surface area contributed by atoms with Gasteiger partial charge in [-0.15, -0.1) is 0 Å². The van der Waals surface area contributed by atoms with Crippen LogP contribution in [0.4, 0.5) is 20.7 Å². The largest absolute Gasteiger partial charge is 0.350 e. The Kier molecular flexibility index (Phi) is 4.85. The van der Waals surface area contributed by atoms with Gasteiger partial charge in [-0.2, -0.15) is 9.97 Å². The number of hydrogen-bond acceptors (Lipinski definition) is 5. The topological polar surface area (TPSA) is 69.7 Å². The summed E-state index contributed by atoms with van der Waals surface area (Å²) in [6.07, 6.45) is 0.286. The first-order valence-electron chi connectivity index (χ1n) is 9.51. The lowest BCUT2D eigenvalue weighted by Gasteiger charge is -2.20. The molecule has 0 amide bonds. The van der Waals surface area contributed by atoms with Crippen molar-refractivity contribution in [1.82, 2.24) is 19.9 Å². The Bertz CT molecular complexity index is 1040. The van der Waals surface area contributed by atoms with Crippen LogP contribution < -0.4 is 10.2 Å². The van der Waals surface area contributed by atoms with Crippen LogP contribution in [0.3, 0.4) is 0 Å². The number of imidazole rings is 1. The monoisotopic (exact) mass is 420 g/mol. The average Bonchev–Trinajstić information content (AvgIpc) is 3.18. The molecule has 1 saturated heterocycles. The zero-order valence-corrected chi connectivity index (χ0v) is 17.3. The quantitative estimate of drug-likeness (QED) is 0.642. The fraction of sp³-hybridized carbons (Fsp3) is 0.450. The average molecular weight is 421 g/mol. The first-order valence-corrected chi connectivity index (χ1v) is 9.88. The minimum absolute atomic E-state index is 0.182. The molecule has 1 aliphatic rings. The van der Waals surface area contributed by atoms with Crippen LogP contribution in [0.2, 0.25) is 5.02 Å². The van der Waals surface area contributed by atoms with Gasteiger partial charge in [-0.05, 0) is 32.4 Å². The van der Waals surface area contributed by atoms with Gasteiger partial charge >= 0.3 is 0 Å². The van der Waals surface area contributed by atoms with Crippen LogP contribution >= 0.6 is 11.6 Å². The molecule has 0 aliphatic carbocycles. The second-order valence-corrected chi connectivity index (χ2v) is 8.83. The van der Waals surface area contributed by atoms with E-state index >= 15 is 0 Å². The van der Waals surface area contributed by atoms with Crippen LogP contribution in [-0.2, 0) is 6.42 Å². The van der Waals surface area contributed by atoms with Crippen LogP contribution in [0.5, 0.6) is 0 Å². The first kappa shape index (κ1) is 19.8. The molecule has 0 saturated carbocycles. The summed E-state index contributed by atoms with van der Waals surface area (Å²) in [4.78, 5) is 18.4. The summed E-state index contributed by atoms with van der Waals surface area (Å²) in [5.74, 6) is -1.87. The van der Waals surface area contributed by atoms with Gasteiger partial charge in [0.1, 0.15) is 5.52 Å². The zero-order valence-electron chi connectivity index (χ0n) is 16.6. The standard InChI is InChI=1S/C20H23ClF2N6/c1-19(2,3)28-17-24-14(10-12-6-4-5-7-13(12)21)15-16(26-17)27-18(25-15)29-9-8-20(22,23)11-29/h4-7H,8-11H2,1-3H3,(H2,24,25,26,27,28). The Balaban J connectivity index is 1.77. The molecular formula is C20H23ClF2N6. The maximum absolute atomic E-state index is 13.7. The summed E-state index contributed by atoms with van der Waals surface area (Å²) in [7, 11) is 0. The third-order valence-electron chi connectivity index (χ3n) is 4.69. The molecule has 6 nitrogen and oxygen atoms in total. The highest BCUT2D eigenvalue weighted by Crippen LogP contribution is 2.31. The van der Waals surface area contributed by atoms with Crippen molar-refractivity contribution in [3.8, 4) is 0 Å². The number of halogens is 3. The molecule has 9 heteroatoms. The predicted octanol–water partition coefficient (Wildman–Crippen LogP) is 4.65. The molecule has 4 rings (SSSR count). The molecule has 1 aromatic carbocycles. The highest BCUT2D eigenvalue weighted by molar-refractivity contribution is 6.31. The fourth-order valence-corrected chi connectivity index (χ4v) is 3.55. The molecule has 2 N–H and O–H groups in total. The van der Waals surface area contributed by atoms with Gasteiger partial charge in [0.25, 0.3) is 5.92 Å². The van der Waals surface area contributed by atoms with E-state index < -0.39 is 5.92 Å². The molecule has 0 spiro atoms. The molecule has 2 aromatic heterocycles. The molecule has 154 valence electrons. The lowest BCUT2D eigenvalue weighted by atomic mass is 10.1. The first-order chi connectivity index (χ1) is 13.6. The van der Waals surface area contributed by atoms with Gasteiger partial charge in [0.15, 0.2) is 5.65 Å². The van der Waals surface area contributed by atoms with Crippen LogP contribution in [-0.4, -0.2) is 44.5 Å². The lowest BCUT2D eigenvalue weighted by molar-refractivity contribution is 0.0256. The Morgan fingerprint density at radius 1 is 1.21 bits per heavy atom. The number of anilines is 2. The SMILES string of the molecule is CC(C)(C)Nc1nc(Cc2ccccc2Cl)c2[nH]c(N3CCC(F)(F)C3)nc2n1. The van der Waals surface area contributed by atoms with E-state index in [0.717, 1.165) is 5.56 Å². The third-order valence-corrected chi connectivity index (χ3v) is 5.05. The number of aromatic amines is 1. The smallest absolute Gasteiger partial charge is 0.267 e.